The summed E-state index contributed by atoms with van der Waals surface area (Å²) in [5.74, 6) is 2.84. The van der Waals surface area contributed by atoms with E-state index in [-0.39, 0.29) is 6.79 Å². The van der Waals surface area contributed by atoms with Gasteiger partial charge in [0.2, 0.25) is 12.7 Å². The van der Waals surface area contributed by atoms with Crippen molar-refractivity contribution in [3.8, 4) is 22.8 Å². The highest BCUT2D eigenvalue weighted by molar-refractivity contribution is 5.64. The molecule has 2 N–H and O–H groups in total. The lowest BCUT2D eigenvalue weighted by atomic mass is 10.1. The summed E-state index contributed by atoms with van der Waals surface area (Å²) in [5.41, 5.74) is 2.95. The molecule has 0 bridgehead atoms. The Balaban J connectivity index is 1.53. The van der Waals surface area contributed by atoms with Crippen molar-refractivity contribution in [3.63, 3.8) is 0 Å². The van der Waals surface area contributed by atoms with E-state index in [0.29, 0.717) is 25.6 Å². The van der Waals surface area contributed by atoms with Gasteiger partial charge in [0, 0.05) is 31.8 Å². The van der Waals surface area contributed by atoms with Crippen LogP contribution in [0.3, 0.4) is 0 Å². The van der Waals surface area contributed by atoms with Gasteiger partial charge in [0.05, 0.1) is 12.3 Å². The fraction of sp³-hybridized carbons (Fsp3) is 0.238. The molecule has 0 amide bonds. The van der Waals surface area contributed by atoms with Crippen LogP contribution < -0.4 is 20.1 Å². The number of nitrogens with zero attached hydrogens (tertiary/aromatic N) is 2. The zero-order valence-electron chi connectivity index (χ0n) is 15.6. The smallest absolute Gasteiger partial charge is 0.231 e. The molecule has 3 aromatic rings. The summed E-state index contributed by atoms with van der Waals surface area (Å²) < 4.78 is 15.9. The van der Waals surface area contributed by atoms with Gasteiger partial charge in [0.1, 0.15) is 5.82 Å². The molecular weight excluding hydrogens is 356 g/mol. The van der Waals surface area contributed by atoms with Gasteiger partial charge in [-0.15, -0.1) is 0 Å². The van der Waals surface area contributed by atoms with Gasteiger partial charge in [-0.05, 0) is 17.7 Å². The van der Waals surface area contributed by atoms with Crippen LogP contribution in [0.4, 0.5) is 11.8 Å². The van der Waals surface area contributed by atoms with Crippen LogP contribution in [0.2, 0.25) is 0 Å². The van der Waals surface area contributed by atoms with Crippen LogP contribution in [-0.4, -0.2) is 37.0 Å². The van der Waals surface area contributed by atoms with E-state index in [1.165, 1.54) is 0 Å². The number of methoxy groups -OCH3 is 1. The molecule has 2 heterocycles. The summed E-state index contributed by atoms with van der Waals surface area (Å²) in [6, 6.07) is 17.9. The van der Waals surface area contributed by atoms with E-state index in [2.05, 4.69) is 20.6 Å². The molecular formula is C21H22N4O3. The lowest BCUT2D eigenvalue weighted by molar-refractivity contribution is 0.174. The van der Waals surface area contributed by atoms with Crippen LogP contribution in [-0.2, 0) is 11.3 Å². The first kappa shape index (κ1) is 18.1. The maximum atomic E-state index is 5.44. The van der Waals surface area contributed by atoms with E-state index in [4.69, 9.17) is 14.2 Å². The molecule has 0 radical (unpaired) electrons. The van der Waals surface area contributed by atoms with Crippen molar-refractivity contribution in [1.29, 1.82) is 0 Å². The van der Waals surface area contributed by atoms with Gasteiger partial charge in [0.15, 0.2) is 11.5 Å². The Hall–Kier alpha value is -3.32. The number of aromatic nitrogens is 2. The Morgan fingerprint density at radius 3 is 2.68 bits per heavy atom. The standard InChI is InChI=1S/C21H22N4O3/c1-26-10-9-22-20-12-17(16-5-3-2-4-6-16)24-21(25-20)23-13-15-7-8-18-19(11-15)28-14-27-18/h2-8,11-12H,9-10,13-14H2,1H3,(H2,22,23,24,25). The molecule has 1 aliphatic rings. The summed E-state index contributed by atoms with van der Waals surface area (Å²) in [6.45, 7) is 2.12. The number of nitrogens with one attached hydrogen (secondary N) is 2. The van der Waals surface area contributed by atoms with E-state index >= 15 is 0 Å². The molecule has 1 aromatic heterocycles. The number of hydrogen-bond donors (Lipinski definition) is 2. The fourth-order valence-electron chi connectivity index (χ4n) is 2.89. The molecule has 0 atom stereocenters. The summed E-state index contributed by atoms with van der Waals surface area (Å²) in [7, 11) is 1.68. The molecule has 0 saturated heterocycles. The Labute approximate surface area is 163 Å². The van der Waals surface area contributed by atoms with Crippen LogP contribution in [0.25, 0.3) is 11.3 Å². The van der Waals surface area contributed by atoms with Crippen LogP contribution in [0, 0.1) is 0 Å². The lowest BCUT2D eigenvalue weighted by Crippen LogP contribution is -2.11. The quantitative estimate of drug-likeness (QED) is 0.581. The van der Waals surface area contributed by atoms with Crippen LogP contribution in [0.15, 0.2) is 54.6 Å². The number of fused-ring (bicyclic) bond motifs is 1. The monoisotopic (exact) mass is 378 g/mol. The van der Waals surface area contributed by atoms with Gasteiger partial charge >= 0.3 is 0 Å². The Kier molecular flexibility index (Phi) is 5.53. The zero-order valence-corrected chi connectivity index (χ0v) is 15.6. The van der Waals surface area contributed by atoms with Crippen molar-refractivity contribution in [2.24, 2.45) is 0 Å². The Morgan fingerprint density at radius 2 is 1.82 bits per heavy atom. The summed E-state index contributed by atoms with van der Waals surface area (Å²) in [5, 5.41) is 6.58. The molecule has 0 unspecified atom stereocenters. The molecule has 28 heavy (non-hydrogen) atoms. The molecule has 0 fully saturated rings. The van der Waals surface area contributed by atoms with Gasteiger partial charge < -0.3 is 24.8 Å². The van der Waals surface area contributed by atoms with Crippen LogP contribution >= 0.6 is 0 Å². The largest absolute Gasteiger partial charge is 0.454 e. The molecule has 0 saturated carbocycles. The third-order valence-electron chi connectivity index (χ3n) is 4.30. The Bertz CT molecular complexity index is 934. The topological polar surface area (TPSA) is 77.5 Å². The molecule has 7 nitrogen and oxygen atoms in total. The molecule has 2 aromatic carbocycles. The van der Waals surface area contributed by atoms with Gasteiger partial charge in [-0.2, -0.15) is 4.98 Å². The highest BCUT2D eigenvalue weighted by atomic mass is 16.7. The first-order valence-corrected chi connectivity index (χ1v) is 9.11. The minimum absolute atomic E-state index is 0.269. The summed E-state index contributed by atoms with van der Waals surface area (Å²) >= 11 is 0. The van der Waals surface area contributed by atoms with Crippen LogP contribution in [0.5, 0.6) is 11.5 Å². The first-order chi connectivity index (χ1) is 13.8. The number of anilines is 2. The molecule has 1 aliphatic heterocycles. The third-order valence-corrected chi connectivity index (χ3v) is 4.30. The second kappa shape index (κ2) is 8.58. The van der Waals surface area contributed by atoms with Gasteiger partial charge in [-0.1, -0.05) is 36.4 Å². The van der Waals surface area contributed by atoms with Gasteiger partial charge in [-0.25, -0.2) is 4.98 Å². The van der Waals surface area contributed by atoms with Crippen molar-refractivity contribution in [2.75, 3.05) is 37.7 Å². The minimum atomic E-state index is 0.269. The predicted octanol–water partition coefficient (Wildman–Crippen LogP) is 3.54. The van der Waals surface area contributed by atoms with Crippen molar-refractivity contribution in [3.05, 3.63) is 60.2 Å². The number of hydrogen-bond acceptors (Lipinski definition) is 7. The summed E-state index contributed by atoms with van der Waals surface area (Å²) in [6.07, 6.45) is 0. The average Bonchev–Trinajstić information content (AvgIpc) is 3.21. The van der Waals surface area contributed by atoms with E-state index in [0.717, 1.165) is 34.1 Å². The third kappa shape index (κ3) is 4.32. The molecule has 0 spiro atoms. The first-order valence-electron chi connectivity index (χ1n) is 9.11. The zero-order chi connectivity index (χ0) is 19.2. The maximum absolute atomic E-state index is 5.44. The number of benzene rings is 2. The van der Waals surface area contributed by atoms with Gasteiger partial charge in [-0.3, -0.25) is 0 Å². The predicted molar refractivity (Wildman–Crippen MR) is 108 cm³/mol. The van der Waals surface area contributed by atoms with E-state index < -0.39 is 0 Å². The Morgan fingerprint density at radius 1 is 0.964 bits per heavy atom. The molecule has 144 valence electrons. The van der Waals surface area contributed by atoms with Crippen molar-refractivity contribution >= 4 is 11.8 Å². The van der Waals surface area contributed by atoms with Crippen molar-refractivity contribution < 1.29 is 14.2 Å². The highest BCUT2D eigenvalue weighted by Gasteiger charge is 2.13. The van der Waals surface area contributed by atoms with E-state index in [1.54, 1.807) is 7.11 Å². The molecule has 0 aliphatic carbocycles. The average molecular weight is 378 g/mol. The second-order valence-electron chi connectivity index (χ2n) is 6.29. The SMILES string of the molecule is COCCNc1cc(-c2ccccc2)nc(NCc2ccc3c(c2)OCO3)n1. The normalized spacial score (nSPS) is 12.0. The minimum Gasteiger partial charge on any atom is -0.454 e. The van der Waals surface area contributed by atoms with Gasteiger partial charge in [0.25, 0.3) is 0 Å². The molecule has 4 rings (SSSR count). The van der Waals surface area contributed by atoms with Crippen LogP contribution in [0.1, 0.15) is 5.56 Å². The second-order valence-corrected chi connectivity index (χ2v) is 6.29. The molecule has 7 heteroatoms. The van der Waals surface area contributed by atoms with Crippen molar-refractivity contribution in [1.82, 2.24) is 9.97 Å². The van der Waals surface area contributed by atoms with E-state index in [1.807, 2.05) is 54.6 Å². The van der Waals surface area contributed by atoms with Crippen molar-refractivity contribution in [2.45, 2.75) is 6.54 Å². The lowest BCUT2D eigenvalue weighted by Gasteiger charge is -2.12. The fourth-order valence-corrected chi connectivity index (χ4v) is 2.89. The maximum Gasteiger partial charge on any atom is 0.231 e. The highest BCUT2D eigenvalue weighted by Crippen LogP contribution is 2.32. The number of rotatable bonds is 8. The summed E-state index contributed by atoms with van der Waals surface area (Å²) in [4.78, 5) is 9.24. The van der Waals surface area contributed by atoms with E-state index in [9.17, 15) is 0 Å². The number of ether oxygens (including phenoxy) is 3.